The van der Waals surface area contributed by atoms with Gasteiger partial charge in [0.15, 0.2) is 0 Å². The number of nitrogens with zero attached hydrogens (tertiary/aromatic N) is 3. The first-order valence-electron chi connectivity index (χ1n) is 6.96. The highest BCUT2D eigenvalue weighted by molar-refractivity contribution is 5.72. The maximum atomic E-state index is 11.1. The molecule has 106 valence electrons. The van der Waals surface area contributed by atoms with Gasteiger partial charge in [0.1, 0.15) is 0 Å². The van der Waals surface area contributed by atoms with Crippen molar-refractivity contribution in [3.8, 4) is 6.07 Å². The molecule has 2 heterocycles. The predicted octanol–water partition coefficient (Wildman–Crippen LogP) is 0.392. The lowest BCUT2D eigenvalue weighted by Gasteiger charge is -2.35. The van der Waals surface area contributed by atoms with Gasteiger partial charge in [-0.15, -0.1) is 0 Å². The molecule has 0 aromatic rings. The first-order chi connectivity index (χ1) is 9.20. The van der Waals surface area contributed by atoms with E-state index in [4.69, 9.17) is 10.5 Å². The maximum absolute atomic E-state index is 11.1. The highest BCUT2D eigenvalue weighted by atomic mass is 16.5. The topological polar surface area (TPSA) is 82.6 Å². The van der Waals surface area contributed by atoms with Gasteiger partial charge in [0, 0.05) is 26.2 Å². The minimum atomic E-state index is -0.330. The Morgan fingerprint density at radius 1 is 1.32 bits per heavy atom. The van der Waals surface area contributed by atoms with Gasteiger partial charge in [0.05, 0.1) is 25.3 Å². The number of hydrogen-bond donors (Lipinski definition) is 1. The second-order valence-corrected chi connectivity index (χ2v) is 5.30. The van der Waals surface area contributed by atoms with Crippen LogP contribution in [0.2, 0.25) is 0 Å². The number of carbonyl (C=O) groups excluding carboxylic acids is 1. The molecule has 2 N–H and O–H groups in total. The second kappa shape index (κ2) is 6.73. The number of ether oxygens (including phenoxy) is 1. The third-order valence-electron chi connectivity index (χ3n) is 4.12. The number of piperidine rings is 1. The molecule has 2 amide bonds. The minimum Gasteiger partial charge on any atom is -0.379 e. The lowest BCUT2D eigenvalue weighted by Crippen LogP contribution is -2.45. The smallest absolute Gasteiger partial charge is 0.314 e. The van der Waals surface area contributed by atoms with Crippen molar-refractivity contribution in [3.63, 3.8) is 0 Å². The normalized spacial score (nSPS) is 23.8. The zero-order valence-corrected chi connectivity index (χ0v) is 11.3. The Bertz CT molecular complexity index is 341. The molecule has 19 heavy (non-hydrogen) atoms. The molecule has 2 fully saturated rings. The predicted molar refractivity (Wildman–Crippen MR) is 70.3 cm³/mol. The summed E-state index contributed by atoms with van der Waals surface area (Å²) in [5.74, 6) is 0.517. The molecular formula is C13H22N4O2. The standard InChI is InChI=1S/C13H22N4O2/c14-10-12(16-5-7-19-8-6-16)9-11-1-3-17(4-2-11)13(15)18/h11-12H,1-9H2,(H2,15,18). The number of primary amides is 1. The van der Waals surface area contributed by atoms with Crippen molar-refractivity contribution in [1.29, 1.82) is 5.26 Å². The molecule has 0 saturated carbocycles. The van der Waals surface area contributed by atoms with Crippen LogP contribution in [0.5, 0.6) is 0 Å². The van der Waals surface area contributed by atoms with Gasteiger partial charge in [-0.25, -0.2) is 4.79 Å². The van der Waals surface area contributed by atoms with E-state index >= 15 is 0 Å². The highest BCUT2D eigenvalue weighted by Gasteiger charge is 2.27. The van der Waals surface area contributed by atoms with Crippen molar-refractivity contribution in [2.75, 3.05) is 39.4 Å². The summed E-state index contributed by atoms with van der Waals surface area (Å²) >= 11 is 0. The van der Waals surface area contributed by atoms with Crippen LogP contribution in [0.1, 0.15) is 19.3 Å². The van der Waals surface area contributed by atoms with Crippen molar-refractivity contribution in [3.05, 3.63) is 0 Å². The summed E-state index contributed by atoms with van der Waals surface area (Å²) in [5.41, 5.74) is 5.27. The maximum Gasteiger partial charge on any atom is 0.314 e. The van der Waals surface area contributed by atoms with E-state index in [-0.39, 0.29) is 12.1 Å². The molecule has 2 rings (SSSR count). The Hall–Kier alpha value is -1.32. The summed E-state index contributed by atoms with van der Waals surface area (Å²) in [7, 11) is 0. The number of morpholine rings is 1. The molecule has 1 atom stereocenters. The van der Waals surface area contributed by atoms with E-state index in [1.54, 1.807) is 4.90 Å². The average Bonchev–Trinajstić information content (AvgIpc) is 2.46. The Labute approximate surface area is 114 Å². The third-order valence-corrected chi connectivity index (χ3v) is 4.12. The SMILES string of the molecule is N#CC(CC1CCN(C(N)=O)CC1)N1CCOCC1. The molecule has 0 spiro atoms. The van der Waals surface area contributed by atoms with Crippen LogP contribution in [0, 0.1) is 17.2 Å². The van der Waals surface area contributed by atoms with Gasteiger partial charge < -0.3 is 15.4 Å². The van der Waals surface area contributed by atoms with E-state index in [1.165, 1.54) is 0 Å². The molecule has 0 bridgehead atoms. The van der Waals surface area contributed by atoms with Gasteiger partial charge in [-0.2, -0.15) is 5.26 Å². The quantitative estimate of drug-likeness (QED) is 0.801. The highest BCUT2D eigenvalue weighted by Crippen LogP contribution is 2.24. The van der Waals surface area contributed by atoms with E-state index in [0.29, 0.717) is 5.92 Å². The average molecular weight is 266 g/mol. The molecule has 6 heteroatoms. The van der Waals surface area contributed by atoms with E-state index in [0.717, 1.165) is 58.7 Å². The summed E-state index contributed by atoms with van der Waals surface area (Å²) in [4.78, 5) is 15.0. The van der Waals surface area contributed by atoms with Crippen LogP contribution < -0.4 is 5.73 Å². The van der Waals surface area contributed by atoms with E-state index in [9.17, 15) is 10.1 Å². The lowest BCUT2D eigenvalue weighted by atomic mass is 9.90. The van der Waals surface area contributed by atoms with Gasteiger partial charge >= 0.3 is 6.03 Å². The zero-order valence-electron chi connectivity index (χ0n) is 11.3. The fourth-order valence-corrected chi connectivity index (χ4v) is 2.88. The first-order valence-corrected chi connectivity index (χ1v) is 6.96. The van der Waals surface area contributed by atoms with Gasteiger partial charge in [-0.3, -0.25) is 4.90 Å². The minimum absolute atomic E-state index is 0.0194. The van der Waals surface area contributed by atoms with E-state index in [1.807, 2.05) is 0 Å². The summed E-state index contributed by atoms with van der Waals surface area (Å²) in [6.07, 6.45) is 2.79. The number of urea groups is 1. The van der Waals surface area contributed by atoms with Crippen molar-refractivity contribution < 1.29 is 9.53 Å². The van der Waals surface area contributed by atoms with Crippen LogP contribution in [-0.4, -0.2) is 61.3 Å². The number of nitriles is 1. The second-order valence-electron chi connectivity index (χ2n) is 5.30. The third kappa shape index (κ3) is 3.82. The number of amides is 2. The van der Waals surface area contributed by atoms with Crippen molar-refractivity contribution in [2.45, 2.75) is 25.3 Å². The summed E-state index contributed by atoms with van der Waals surface area (Å²) in [5, 5.41) is 9.33. The molecule has 2 aliphatic rings. The number of likely N-dealkylation sites (tertiary alicyclic amines) is 1. The number of hydrogen-bond acceptors (Lipinski definition) is 4. The molecule has 1 unspecified atom stereocenters. The number of rotatable bonds is 3. The van der Waals surface area contributed by atoms with Crippen LogP contribution >= 0.6 is 0 Å². The Kier molecular flexibility index (Phi) is 5.00. The molecule has 0 aromatic heterocycles. The van der Waals surface area contributed by atoms with Crippen molar-refractivity contribution in [1.82, 2.24) is 9.80 Å². The zero-order chi connectivity index (χ0) is 13.7. The molecule has 2 aliphatic heterocycles. The fourth-order valence-electron chi connectivity index (χ4n) is 2.88. The lowest BCUT2D eigenvalue weighted by molar-refractivity contribution is 0.0209. The Balaban J connectivity index is 1.80. The van der Waals surface area contributed by atoms with Gasteiger partial charge in [-0.05, 0) is 25.2 Å². The van der Waals surface area contributed by atoms with Crippen LogP contribution in [0.15, 0.2) is 0 Å². The molecule has 0 aromatic carbocycles. The monoisotopic (exact) mass is 266 g/mol. The summed E-state index contributed by atoms with van der Waals surface area (Å²) in [6, 6.07) is 2.07. The van der Waals surface area contributed by atoms with Crippen molar-refractivity contribution in [2.24, 2.45) is 11.7 Å². The van der Waals surface area contributed by atoms with Crippen LogP contribution in [0.4, 0.5) is 4.79 Å². The molecule has 0 radical (unpaired) electrons. The van der Waals surface area contributed by atoms with Gasteiger partial charge in [0.25, 0.3) is 0 Å². The van der Waals surface area contributed by atoms with Gasteiger partial charge in [0.2, 0.25) is 0 Å². The van der Waals surface area contributed by atoms with E-state index < -0.39 is 0 Å². The summed E-state index contributed by atoms with van der Waals surface area (Å²) < 4.78 is 5.32. The van der Waals surface area contributed by atoms with Gasteiger partial charge in [-0.1, -0.05) is 0 Å². The molecule has 6 nitrogen and oxygen atoms in total. The van der Waals surface area contributed by atoms with Crippen LogP contribution in [-0.2, 0) is 4.74 Å². The van der Waals surface area contributed by atoms with Crippen molar-refractivity contribution >= 4 is 6.03 Å². The molecular weight excluding hydrogens is 244 g/mol. The molecule has 2 saturated heterocycles. The Morgan fingerprint density at radius 3 is 2.47 bits per heavy atom. The molecule has 0 aliphatic carbocycles. The van der Waals surface area contributed by atoms with Crippen LogP contribution in [0.3, 0.4) is 0 Å². The van der Waals surface area contributed by atoms with Crippen LogP contribution in [0.25, 0.3) is 0 Å². The summed E-state index contributed by atoms with van der Waals surface area (Å²) in [6.45, 7) is 4.58. The number of nitrogens with two attached hydrogens (primary N) is 1. The fraction of sp³-hybridized carbons (Fsp3) is 0.846. The Morgan fingerprint density at radius 2 is 1.95 bits per heavy atom. The first kappa shape index (κ1) is 14.1. The largest absolute Gasteiger partial charge is 0.379 e. The number of carbonyl (C=O) groups is 1. The van der Waals surface area contributed by atoms with E-state index in [2.05, 4.69) is 11.0 Å².